The first-order valence-corrected chi connectivity index (χ1v) is 10.9. The van der Waals surface area contributed by atoms with E-state index in [9.17, 15) is 10.2 Å². The number of rotatable bonds is 9. The Morgan fingerprint density at radius 2 is 1.32 bits per heavy atom. The molecule has 31 heavy (non-hydrogen) atoms. The molecule has 1 saturated heterocycles. The molecule has 0 unspecified atom stereocenters. The lowest BCUT2D eigenvalue weighted by molar-refractivity contribution is -0.319. The second-order valence-corrected chi connectivity index (χ2v) is 9.68. The van der Waals surface area contributed by atoms with Gasteiger partial charge in [-0.05, 0) is 11.1 Å². The summed E-state index contributed by atoms with van der Waals surface area (Å²) in [4.78, 5) is 0. The molecule has 2 aromatic carbocycles. The van der Waals surface area contributed by atoms with Crippen molar-refractivity contribution < 1.29 is 29.2 Å². The number of alkyl halides is 3. The topological polar surface area (TPSA) is 77.4 Å². The van der Waals surface area contributed by atoms with Gasteiger partial charge >= 0.3 is 0 Å². The van der Waals surface area contributed by atoms with Gasteiger partial charge in [0.2, 0.25) is 3.79 Å². The van der Waals surface area contributed by atoms with Crippen molar-refractivity contribution in [2.75, 3.05) is 13.2 Å². The van der Waals surface area contributed by atoms with Crippen LogP contribution in [0.15, 0.2) is 60.7 Å². The molecule has 2 N–H and O–H groups in total. The van der Waals surface area contributed by atoms with Crippen LogP contribution >= 0.6 is 34.8 Å². The third kappa shape index (κ3) is 7.56. The molecule has 5 atom stereocenters. The molecule has 1 heterocycles. The van der Waals surface area contributed by atoms with Crippen molar-refractivity contribution in [2.45, 2.75) is 47.7 Å². The molecule has 2 aromatic rings. The monoisotopic (exact) mass is 490 g/mol. The minimum Gasteiger partial charge on any atom is -0.394 e. The van der Waals surface area contributed by atoms with Crippen LogP contribution in [0.4, 0.5) is 0 Å². The minimum atomic E-state index is -1.67. The van der Waals surface area contributed by atoms with Crippen LogP contribution < -0.4 is 0 Å². The van der Waals surface area contributed by atoms with Crippen LogP contribution in [0.25, 0.3) is 0 Å². The molecule has 9 heteroatoms. The van der Waals surface area contributed by atoms with Gasteiger partial charge in [0.15, 0.2) is 6.29 Å². The minimum absolute atomic E-state index is 0.225. The van der Waals surface area contributed by atoms with Gasteiger partial charge in [0.05, 0.1) is 26.4 Å². The lowest BCUT2D eigenvalue weighted by Crippen LogP contribution is -2.61. The number of aliphatic hydroxyl groups is 2. The van der Waals surface area contributed by atoms with Crippen LogP contribution in [0.5, 0.6) is 0 Å². The lowest BCUT2D eigenvalue weighted by Gasteiger charge is -2.44. The van der Waals surface area contributed by atoms with Crippen molar-refractivity contribution in [3.63, 3.8) is 0 Å². The average Bonchev–Trinajstić information content (AvgIpc) is 2.77. The van der Waals surface area contributed by atoms with Gasteiger partial charge in [-0.25, -0.2) is 0 Å². The predicted octanol–water partition coefficient (Wildman–Crippen LogP) is 3.62. The van der Waals surface area contributed by atoms with Crippen LogP contribution in [-0.2, 0) is 32.2 Å². The summed E-state index contributed by atoms with van der Waals surface area (Å²) in [6.07, 6.45) is -4.82. The zero-order chi connectivity index (χ0) is 22.3. The van der Waals surface area contributed by atoms with Crippen LogP contribution in [0.1, 0.15) is 11.1 Å². The number of benzene rings is 2. The molecule has 1 aliphatic rings. The fourth-order valence-corrected chi connectivity index (χ4v) is 3.44. The van der Waals surface area contributed by atoms with E-state index >= 15 is 0 Å². The Labute approximate surface area is 196 Å². The molecule has 6 nitrogen and oxygen atoms in total. The summed E-state index contributed by atoms with van der Waals surface area (Å²) in [6.45, 7) is -0.258. The summed E-state index contributed by atoms with van der Waals surface area (Å²) in [5.41, 5.74) is 1.84. The van der Waals surface area contributed by atoms with Gasteiger partial charge in [0.1, 0.15) is 24.4 Å². The summed E-state index contributed by atoms with van der Waals surface area (Å²) in [6, 6.07) is 19.0. The van der Waals surface area contributed by atoms with Crippen molar-refractivity contribution in [2.24, 2.45) is 0 Å². The highest BCUT2D eigenvalue weighted by Gasteiger charge is 2.47. The quantitative estimate of drug-likeness (QED) is 0.522. The Balaban J connectivity index is 1.78. The third-order valence-electron chi connectivity index (χ3n) is 4.78. The normalized spacial score (nSPS) is 26.7. The average molecular weight is 492 g/mol. The molecule has 0 saturated carbocycles. The lowest BCUT2D eigenvalue weighted by atomic mass is 9.98. The van der Waals surface area contributed by atoms with Crippen LogP contribution in [0.2, 0.25) is 0 Å². The van der Waals surface area contributed by atoms with Crippen molar-refractivity contribution in [1.82, 2.24) is 0 Å². The second kappa shape index (κ2) is 11.8. The Bertz CT molecular complexity index is 774. The standard InChI is InChI=1S/C22H25Cl3O6/c23-22(24,25)14-30-21-20(29-13-16-9-5-2-6-10-16)19(18(27)17(11-26)31-21)28-12-15-7-3-1-4-8-15/h1-10,17-21,26-27H,11-14H2/t17-,18-,19+,20+,21+/m1/s1. The van der Waals surface area contributed by atoms with Crippen molar-refractivity contribution >= 4 is 34.8 Å². The third-order valence-corrected chi connectivity index (χ3v) is 5.11. The number of hydrogen-bond acceptors (Lipinski definition) is 6. The zero-order valence-electron chi connectivity index (χ0n) is 16.6. The highest BCUT2D eigenvalue weighted by Crippen LogP contribution is 2.32. The van der Waals surface area contributed by atoms with Gasteiger partial charge in [-0.2, -0.15) is 0 Å². The van der Waals surface area contributed by atoms with Gasteiger partial charge in [0.25, 0.3) is 0 Å². The van der Waals surface area contributed by atoms with Gasteiger partial charge in [-0.3, -0.25) is 0 Å². The molecule has 0 bridgehead atoms. The van der Waals surface area contributed by atoms with Gasteiger partial charge in [0, 0.05) is 0 Å². The molecule has 0 spiro atoms. The molecule has 0 radical (unpaired) electrons. The van der Waals surface area contributed by atoms with E-state index in [1.165, 1.54) is 0 Å². The Hall–Kier alpha value is -0.930. The summed E-state index contributed by atoms with van der Waals surface area (Å²) >= 11 is 17.5. The predicted molar refractivity (Wildman–Crippen MR) is 118 cm³/mol. The summed E-state index contributed by atoms with van der Waals surface area (Å²) in [5.74, 6) is 0. The van der Waals surface area contributed by atoms with E-state index in [1.807, 2.05) is 60.7 Å². The first-order chi connectivity index (χ1) is 14.9. The van der Waals surface area contributed by atoms with Crippen molar-refractivity contribution in [3.8, 4) is 0 Å². The number of halogens is 3. The van der Waals surface area contributed by atoms with E-state index in [1.54, 1.807) is 0 Å². The van der Waals surface area contributed by atoms with Crippen LogP contribution in [0.3, 0.4) is 0 Å². The van der Waals surface area contributed by atoms with Crippen LogP contribution in [0, 0.1) is 0 Å². The first kappa shape index (κ1) is 24.7. The van der Waals surface area contributed by atoms with Gasteiger partial charge in [-0.1, -0.05) is 95.5 Å². The largest absolute Gasteiger partial charge is 0.394 e. The van der Waals surface area contributed by atoms with E-state index in [0.717, 1.165) is 11.1 Å². The maximum Gasteiger partial charge on any atom is 0.213 e. The molecule has 1 aliphatic heterocycles. The molecule has 0 aliphatic carbocycles. The van der Waals surface area contributed by atoms with E-state index < -0.39 is 41.1 Å². The fourth-order valence-electron chi connectivity index (χ4n) is 3.25. The van der Waals surface area contributed by atoms with E-state index in [-0.39, 0.29) is 19.8 Å². The molecular weight excluding hydrogens is 467 g/mol. The smallest absolute Gasteiger partial charge is 0.213 e. The fraction of sp³-hybridized carbons (Fsp3) is 0.455. The van der Waals surface area contributed by atoms with Gasteiger partial charge in [-0.15, -0.1) is 0 Å². The van der Waals surface area contributed by atoms with E-state index in [2.05, 4.69) is 0 Å². The first-order valence-electron chi connectivity index (χ1n) is 9.81. The highest BCUT2D eigenvalue weighted by molar-refractivity contribution is 6.67. The zero-order valence-corrected chi connectivity index (χ0v) is 18.9. The van der Waals surface area contributed by atoms with E-state index in [0.29, 0.717) is 0 Å². The summed E-state index contributed by atoms with van der Waals surface area (Å²) < 4.78 is 21.8. The molecule has 170 valence electrons. The second-order valence-electron chi connectivity index (χ2n) is 7.16. The molecule has 1 fully saturated rings. The molecule has 0 aromatic heterocycles. The molecule has 0 amide bonds. The van der Waals surface area contributed by atoms with Gasteiger partial charge < -0.3 is 29.2 Å². The molecular formula is C22H25Cl3O6. The summed E-state index contributed by atoms with van der Waals surface area (Å²) in [7, 11) is 0. The maximum absolute atomic E-state index is 10.8. The van der Waals surface area contributed by atoms with E-state index in [4.69, 9.17) is 53.8 Å². The number of hydrogen-bond donors (Lipinski definition) is 2. The Morgan fingerprint density at radius 3 is 1.81 bits per heavy atom. The maximum atomic E-state index is 10.8. The SMILES string of the molecule is OC[C@H]1O[C@H](OCC(Cl)(Cl)Cl)[C@@H](OCc2ccccc2)[C@@H](OCc2ccccc2)[C@@H]1O. The van der Waals surface area contributed by atoms with Crippen molar-refractivity contribution in [1.29, 1.82) is 0 Å². The van der Waals surface area contributed by atoms with Crippen LogP contribution in [-0.4, -0.2) is 57.9 Å². The Kier molecular flexibility index (Phi) is 9.40. The number of aliphatic hydroxyl groups excluding tert-OH is 2. The highest BCUT2D eigenvalue weighted by atomic mass is 35.6. The molecule has 3 rings (SSSR count). The Morgan fingerprint density at radius 1 is 0.806 bits per heavy atom. The van der Waals surface area contributed by atoms with Crippen molar-refractivity contribution in [3.05, 3.63) is 71.8 Å². The summed E-state index contributed by atoms with van der Waals surface area (Å²) in [5, 5.41) is 20.5. The number of ether oxygens (including phenoxy) is 4.